The lowest BCUT2D eigenvalue weighted by Crippen LogP contribution is -2.71. The van der Waals surface area contributed by atoms with E-state index in [1.54, 1.807) is 30.5 Å². The zero-order chi connectivity index (χ0) is 25.0. The van der Waals surface area contributed by atoms with Gasteiger partial charge in [-0.1, -0.05) is 17.7 Å². The van der Waals surface area contributed by atoms with E-state index in [1.165, 1.54) is 33.7 Å². The summed E-state index contributed by atoms with van der Waals surface area (Å²) in [5.41, 5.74) is 2.21. The van der Waals surface area contributed by atoms with Gasteiger partial charge in [0.25, 0.3) is 0 Å². The summed E-state index contributed by atoms with van der Waals surface area (Å²) in [6, 6.07) is 11.1. The predicted octanol–water partition coefficient (Wildman–Crippen LogP) is 3.81. The molecule has 178 valence electrons. The molecule has 0 aliphatic carbocycles. The average molecular weight is 493 g/mol. The quantitative estimate of drug-likeness (QED) is 0.453. The van der Waals surface area contributed by atoms with Crippen LogP contribution in [0, 0.1) is 11.2 Å². The Kier molecular flexibility index (Phi) is 4.72. The molecule has 7 nitrogen and oxygen atoms in total. The van der Waals surface area contributed by atoms with Gasteiger partial charge in [-0.25, -0.2) is 14.2 Å². The van der Waals surface area contributed by atoms with Crippen LogP contribution in [-0.4, -0.2) is 45.4 Å². The van der Waals surface area contributed by atoms with Crippen molar-refractivity contribution in [3.05, 3.63) is 82.4 Å². The highest BCUT2D eigenvalue weighted by Gasteiger charge is 2.47. The van der Waals surface area contributed by atoms with Gasteiger partial charge < -0.3 is 19.9 Å². The molecule has 4 aromatic rings. The summed E-state index contributed by atoms with van der Waals surface area (Å²) in [7, 11) is -0.200. The van der Waals surface area contributed by atoms with E-state index in [0.717, 1.165) is 32.0 Å². The lowest BCUT2D eigenvalue weighted by Gasteiger charge is -2.56. The number of imidazole rings is 1. The lowest BCUT2D eigenvalue weighted by atomic mass is 9.74. The van der Waals surface area contributed by atoms with E-state index in [9.17, 15) is 14.3 Å². The van der Waals surface area contributed by atoms with Crippen LogP contribution in [0.5, 0.6) is 5.75 Å². The highest BCUT2D eigenvalue weighted by atomic mass is 35.5. The van der Waals surface area contributed by atoms with Crippen molar-refractivity contribution < 1.29 is 10.9 Å². The van der Waals surface area contributed by atoms with Crippen LogP contribution in [0.1, 0.15) is 1.37 Å². The van der Waals surface area contributed by atoms with Gasteiger partial charge in [0.15, 0.2) is 0 Å². The van der Waals surface area contributed by atoms with Crippen molar-refractivity contribution in [1.29, 1.82) is 0 Å². The molecule has 0 atom stereocenters. The first kappa shape index (κ1) is 20.7. The van der Waals surface area contributed by atoms with Gasteiger partial charge in [-0.2, -0.15) is 0 Å². The van der Waals surface area contributed by atoms with E-state index in [-0.39, 0.29) is 29.0 Å². The zero-order valence-electron chi connectivity index (χ0n) is 19.7. The molecule has 0 bridgehead atoms. The minimum Gasteiger partial charge on any atom is -0.507 e. The summed E-state index contributed by atoms with van der Waals surface area (Å²) >= 11 is 6.50. The van der Waals surface area contributed by atoms with E-state index in [2.05, 4.69) is 15.2 Å². The zero-order valence-corrected chi connectivity index (χ0v) is 19.5. The molecule has 9 heteroatoms. The Bertz CT molecular complexity index is 1540. The first-order chi connectivity index (χ1) is 17.4. The average Bonchev–Trinajstić information content (AvgIpc) is 3.18. The van der Waals surface area contributed by atoms with E-state index in [0.29, 0.717) is 27.8 Å². The Morgan fingerprint density at radius 2 is 1.86 bits per heavy atom. The smallest absolute Gasteiger partial charge is 0.332 e. The van der Waals surface area contributed by atoms with Crippen LogP contribution in [-0.2, 0) is 7.02 Å². The Hall–Kier alpha value is -3.62. The van der Waals surface area contributed by atoms with Crippen LogP contribution in [0.25, 0.3) is 27.9 Å². The van der Waals surface area contributed by atoms with E-state index >= 15 is 0 Å². The van der Waals surface area contributed by atoms with E-state index in [4.69, 9.17) is 13.0 Å². The first-order valence-corrected chi connectivity index (χ1v) is 11.6. The summed E-state index contributed by atoms with van der Waals surface area (Å²) < 4.78 is 24.8. The third-order valence-corrected chi connectivity index (χ3v) is 7.18. The van der Waals surface area contributed by atoms with Crippen molar-refractivity contribution >= 4 is 17.4 Å². The Morgan fingerprint density at radius 3 is 2.49 bits per heavy atom. The van der Waals surface area contributed by atoms with Gasteiger partial charge in [0.05, 0.1) is 10.7 Å². The number of halogens is 2. The molecule has 2 aromatic heterocycles. The minimum atomic E-state index is -0.497. The third-order valence-electron chi connectivity index (χ3n) is 6.87. The number of nitrogens with one attached hydrogen (secondary N) is 1. The van der Waals surface area contributed by atoms with Gasteiger partial charge in [-0.3, -0.25) is 4.57 Å². The summed E-state index contributed by atoms with van der Waals surface area (Å²) in [4.78, 5) is 19.1. The first-order valence-electron chi connectivity index (χ1n) is 11.9. The van der Waals surface area contributed by atoms with Gasteiger partial charge in [-0.05, 0) is 47.5 Å². The maximum Gasteiger partial charge on any atom is 0.332 e. The molecule has 4 heterocycles. The van der Waals surface area contributed by atoms with Crippen LogP contribution in [0.2, 0.25) is 5.02 Å². The number of aryl methyl sites for hydroxylation is 1. The van der Waals surface area contributed by atoms with Gasteiger partial charge in [-0.15, -0.1) is 0 Å². The SMILES string of the molecule is [2H]Cn1ccn(-c2ccc(-c3cc(F)cc(-c4ccnc(N5CC6(CNC6)C5)c4)c3O)cc2Cl)c1=O. The fourth-order valence-electron chi connectivity index (χ4n) is 4.89. The van der Waals surface area contributed by atoms with Crippen molar-refractivity contribution in [2.75, 3.05) is 31.1 Å². The fourth-order valence-corrected chi connectivity index (χ4v) is 5.16. The summed E-state index contributed by atoms with van der Waals surface area (Å²) in [6.45, 7) is 3.89. The number of pyridine rings is 1. The van der Waals surface area contributed by atoms with Crippen molar-refractivity contribution in [2.24, 2.45) is 12.4 Å². The number of nitrogens with zero attached hydrogens (tertiary/aromatic N) is 4. The number of anilines is 1. The molecule has 0 unspecified atom stereocenters. The van der Waals surface area contributed by atoms with Crippen molar-refractivity contribution in [1.82, 2.24) is 19.4 Å². The highest BCUT2D eigenvalue weighted by molar-refractivity contribution is 6.32. The molecule has 1 spiro atoms. The van der Waals surface area contributed by atoms with Crippen LogP contribution in [0.3, 0.4) is 0 Å². The lowest BCUT2D eigenvalue weighted by molar-refractivity contribution is 0.120. The molecule has 2 N–H and O–H groups in total. The maximum atomic E-state index is 14.8. The number of rotatable bonds is 4. The van der Waals surface area contributed by atoms with Gasteiger partial charge in [0.1, 0.15) is 17.4 Å². The highest BCUT2D eigenvalue weighted by Crippen LogP contribution is 2.42. The third kappa shape index (κ3) is 3.61. The van der Waals surface area contributed by atoms with Gasteiger partial charge in [0, 0.05) is 69.7 Å². The summed E-state index contributed by atoms with van der Waals surface area (Å²) in [5, 5.41) is 14.7. The number of aromatic nitrogens is 3. The topological polar surface area (TPSA) is 75.3 Å². The van der Waals surface area contributed by atoms with Crippen LogP contribution in [0.4, 0.5) is 10.2 Å². The molecule has 2 aromatic carbocycles. The molecule has 0 radical (unpaired) electrons. The fraction of sp³-hybridized carbons (Fsp3) is 0.231. The van der Waals surface area contributed by atoms with Crippen molar-refractivity contribution in [2.45, 2.75) is 0 Å². The van der Waals surface area contributed by atoms with Crippen molar-refractivity contribution in [3.8, 4) is 33.7 Å². The Labute approximate surface area is 207 Å². The second kappa shape index (κ2) is 7.96. The number of aromatic hydroxyl groups is 1. The van der Waals surface area contributed by atoms with Crippen molar-refractivity contribution in [3.63, 3.8) is 0 Å². The van der Waals surface area contributed by atoms with Gasteiger partial charge >= 0.3 is 5.69 Å². The van der Waals surface area contributed by atoms with Crippen LogP contribution >= 0.6 is 11.6 Å². The number of hydrogen-bond donors (Lipinski definition) is 2. The Morgan fingerprint density at radius 1 is 1.11 bits per heavy atom. The Balaban J connectivity index is 1.35. The number of phenolic OH excluding ortho intramolecular Hbond substituents is 1. The molecular formula is C26H23ClFN5O2. The number of hydrogen-bond acceptors (Lipinski definition) is 5. The van der Waals surface area contributed by atoms with Crippen LogP contribution < -0.4 is 15.9 Å². The monoisotopic (exact) mass is 492 g/mol. The molecule has 6 rings (SSSR count). The minimum absolute atomic E-state index is 0.0711. The second-order valence-electron chi connectivity index (χ2n) is 9.30. The molecule has 35 heavy (non-hydrogen) atoms. The summed E-state index contributed by atoms with van der Waals surface area (Å²) in [5.74, 6) is 0.231. The molecule has 0 amide bonds. The molecule has 2 saturated heterocycles. The number of phenols is 1. The largest absolute Gasteiger partial charge is 0.507 e. The number of benzene rings is 2. The molecule has 2 aliphatic rings. The van der Waals surface area contributed by atoms with Gasteiger partial charge in [0.2, 0.25) is 0 Å². The predicted molar refractivity (Wildman–Crippen MR) is 134 cm³/mol. The maximum absolute atomic E-state index is 14.8. The molecule has 2 aliphatic heterocycles. The summed E-state index contributed by atoms with van der Waals surface area (Å²) in [6.07, 6.45) is 4.72. The van der Waals surface area contributed by atoms with E-state index in [1.807, 2.05) is 6.07 Å². The molecule has 2 fully saturated rings. The van der Waals surface area contributed by atoms with E-state index < -0.39 is 5.82 Å². The second-order valence-corrected chi connectivity index (χ2v) is 9.71. The van der Waals surface area contributed by atoms with Crippen LogP contribution in [0.15, 0.2) is 65.8 Å². The normalized spacial score (nSPS) is 16.6. The molecular weight excluding hydrogens is 469 g/mol. The standard InChI is InChI=1S/C26H23ClFN5O2/c1-31-6-7-33(25(31)35)22-3-2-16(8-21(22)27)19-10-18(28)11-20(24(19)34)17-4-5-30-23(9-17)32-14-26(15-32)12-29-13-26/h2-11,29,34H,12-15H2,1H3/i1D. The molecule has 0 saturated carbocycles.